The van der Waals surface area contributed by atoms with E-state index in [4.69, 9.17) is 5.73 Å². The SMILES string of the molecule is NC(=S)Nc1ccc([O-])cc1. The highest BCUT2D eigenvalue weighted by Gasteiger charge is 1.88. The Hall–Kier alpha value is -1.29. The Morgan fingerprint density at radius 1 is 1.36 bits per heavy atom. The molecule has 4 heteroatoms. The summed E-state index contributed by atoms with van der Waals surface area (Å²) < 4.78 is 0. The van der Waals surface area contributed by atoms with Crippen molar-refractivity contribution in [2.24, 2.45) is 5.73 Å². The van der Waals surface area contributed by atoms with Gasteiger partial charge in [-0.1, -0.05) is 12.1 Å². The Labute approximate surface area is 69.8 Å². The lowest BCUT2D eigenvalue weighted by molar-refractivity contribution is -0.268. The molecule has 0 aliphatic rings. The van der Waals surface area contributed by atoms with Crippen LogP contribution in [0.2, 0.25) is 0 Å². The molecule has 0 aliphatic heterocycles. The van der Waals surface area contributed by atoms with Crippen LogP contribution in [0.1, 0.15) is 0 Å². The zero-order valence-corrected chi connectivity index (χ0v) is 6.52. The summed E-state index contributed by atoms with van der Waals surface area (Å²) in [6.45, 7) is 0. The molecule has 0 saturated heterocycles. The molecule has 0 fully saturated rings. The van der Waals surface area contributed by atoms with Gasteiger partial charge in [0.2, 0.25) is 0 Å². The molecule has 0 radical (unpaired) electrons. The minimum Gasteiger partial charge on any atom is -0.872 e. The van der Waals surface area contributed by atoms with Crippen molar-refractivity contribution in [3.8, 4) is 5.75 Å². The van der Waals surface area contributed by atoms with Crippen LogP contribution in [0.3, 0.4) is 0 Å². The molecule has 3 N–H and O–H groups in total. The molecule has 0 atom stereocenters. The fourth-order valence-corrected chi connectivity index (χ4v) is 0.798. The number of anilines is 1. The van der Waals surface area contributed by atoms with Crippen LogP contribution in [-0.2, 0) is 0 Å². The monoisotopic (exact) mass is 167 g/mol. The van der Waals surface area contributed by atoms with Gasteiger partial charge in [-0.15, -0.1) is 5.75 Å². The lowest BCUT2D eigenvalue weighted by Gasteiger charge is -2.06. The predicted molar refractivity (Wildman–Crippen MR) is 46.3 cm³/mol. The molecule has 0 heterocycles. The number of nitrogens with one attached hydrogen (secondary N) is 1. The fourth-order valence-electron chi connectivity index (χ4n) is 0.681. The maximum Gasteiger partial charge on any atom is 0.168 e. The van der Waals surface area contributed by atoms with Gasteiger partial charge in [0.1, 0.15) is 0 Å². The quantitative estimate of drug-likeness (QED) is 0.595. The van der Waals surface area contributed by atoms with Gasteiger partial charge in [-0.2, -0.15) is 0 Å². The number of rotatable bonds is 1. The molecule has 0 aliphatic carbocycles. The second-order valence-electron chi connectivity index (χ2n) is 2.01. The summed E-state index contributed by atoms with van der Waals surface area (Å²) in [6.07, 6.45) is 0. The average Bonchev–Trinajstić information content (AvgIpc) is 1.93. The summed E-state index contributed by atoms with van der Waals surface area (Å²) in [6, 6.07) is 6.14. The third-order valence-corrected chi connectivity index (χ3v) is 1.22. The van der Waals surface area contributed by atoms with E-state index >= 15 is 0 Å². The first-order valence-electron chi connectivity index (χ1n) is 3.02. The summed E-state index contributed by atoms with van der Waals surface area (Å²) in [7, 11) is 0. The van der Waals surface area contributed by atoms with Crippen LogP contribution in [0, 0.1) is 0 Å². The van der Waals surface area contributed by atoms with Gasteiger partial charge in [-0.05, 0) is 24.4 Å². The van der Waals surface area contributed by atoms with E-state index in [1.165, 1.54) is 12.1 Å². The Balaban J connectivity index is 2.74. The Morgan fingerprint density at radius 2 is 1.91 bits per heavy atom. The Morgan fingerprint density at radius 3 is 2.36 bits per heavy atom. The van der Waals surface area contributed by atoms with Gasteiger partial charge in [0.25, 0.3) is 0 Å². The van der Waals surface area contributed by atoms with Gasteiger partial charge in [0.05, 0.1) is 0 Å². The molecular formula is C7H7N2OS-. The summed E-state index contributed by atoms with van der Waals surface area (Å²) in [5, 5.41) is 13.5. The van der Waals surface area contributed by atoms with E-state index in [9.17, 15) is 5.11 Å². The normalized spacial score (nSPS) is 9.09. The lowest BCUT2D eigenvalue weighted by atomic mass is 10.3. The molecule has 1 rings (SSSR count). The second kappa shape index (κ2) is 3.21. The first kappa shape index (κ1) is 7.81. The largest absolute Gasteiger partial charge is 0.872 e. The minimum atomic E-state index is -0.0292. The third kappa shape index (κ3) is 2.43. The molecule has 11 heavy (non-hydrogen) atoms. The van der Waals surface area contributed by atoms with Gasteiger partial charge in [0, 0.05) is 5.69 Å². The Kier molecular flexibility index (Phi) is 2.28. The van der Waals surface area contributed by atoms with E-state index in [1.54, 1.807) is 12.1 Å². The first-order chi connectivity index (χ1) is 5.18. The van der Waals surface area contributed by atoms with Crippen LogP contribution in [0.25, 0.3) is 0 Å². The number of hydrogen-bond donors (Lipinski definition) is 2. The molecule has 0 aromatic heterocycles. The van der Waals surface area contributed by atoms with Gasteiger partial charge in [0.15, 0.2) is 5.11 Å². The molecule has 1 aromatic carbocycles. The number of nitrogens with two attached hydrogens (primary N) is 1. The van der Waals surface area contributed by atoms with Crippen molar-refractivity contribution < 1.29 is 5.11 Å². The van der Waals surface area contributed by atoms with Crippen molar-refractivity contribution in [2.45, 2.75) is 0 Å². The number of thiocarbonyl (C=S) groups is 1. The van der Waals surface area contributed by atoms with Crippen molar-refractivity contribution >= 4 is 23.0 Å². The topological polar surface area (TPSA) is 61.1 Å². The minimum absolute atomic E-state index is 0.0292. The molecular weight excluding hydrogens is 160 g/mol. The molecule has 58 valence electrons. The van der Waals surface area contributed by atoms with Crippen LogP contribution in [0.4, 0.5) is 5.69 Å². The Bertz CT molecular complexity index is 258. The molecule has 1 aromatic rings. The molecule has 0 unspecified atom stereocenters. The fraction of sp³-hybridized carbons (Fsp3) is 0. The van der Waals surface area contributed by atoms with E-state index < -0.39 is 0 Å². The predicted octanol–water partition coefficient (Wildman–Crippen LogP) is 0.416. The van der Waals surface area contributed by atoms with E-state index in [0.29, 0.717) is 0 Å². The number of hydrogen-bond acceptors (Lipinski definition) is 2. The average molecular weight is 167 g/mol. The summed E-state index contributed by atoms with van der Waals surface area (Å²) in [5.41, 5.74) is 5.94. The zero-order valence-electron chi connectivity index (χ0n) is 5.70. The molecule has 0 spiro atoms. The maximum absolute atomic E-state index is 10.6. The summed E-state index contributed by atoms with van der Waals surface area (Å²) >= 11 is 4.60. The van der Waals surface area contributed by atoms with Crippen molar-refractivity contribution in [2.75, 3.05) is 5.32 Å². The molecule has 0 amide bonds. The van der Waals surface area contributed by atoms with E-state index in [-0.39, 0.29) is 10.9 Å². The van der Waals surface area contributed by atoms with E-state index in [1.807, 2.05) is 0 Å². The van der Waals surface area contributed by atoms with Crippen molar-refractivity contribution in [1.29, 1.82) is 0 Å². The summed E-state index contributed by atoms with van der Waals surface area (Å²) in [5.74, 6) is -0.0292. The van der Waals surface area contributed by atoms with Crippen LogP contribution < -0.4 is 16.2 Å². The van der Waals surface area contributed by atoms with E-state index in [0.717, 1.165) is 5.69 Å². The van der Waals surface area contributed by atoms with Gasteiger partial charge >= 0.3 is 0 Å². The van der Waals surface area contributed by atoms with Crippen LogP contribution in [0.5, 0.6) is 5.75 Å². The summed E-state index contributed by atoms with van der Waals surface area (Å²) in [4.78, 5) is 0. The van der Waals surface area contributed by atoms with Gasteiger partial charge in [-0.3, -0.25) is 0 Å². The maximum atomic E-state index is 10.6. The lowest BCUT2D eigenvalue weighted by Crippen LogP contribution is -2.18. The smallest absolute Gasteiger partial charge is 0.168 e. The van der Waals surface area contributed by atoms with Crippen LogP contribution in [-0.4, -0.2) is 5.11 Å². The number of benzene rings is 1. The highest BCUT2D eigenvalue weighted by Crippen LogP contribution is 2.10. The van der Waals surface area contributed by atoms with Crippen molar-refractivity contribution in [3.05, 3.63) is 24.3 Å². The van der Waals surface area contributed by atoms with Crippen LogP contribution in [0.15, 0.2) is 24.3 Å². The standard InChI is InChI=1S/C7H8N2OS/c8-7(11)9-5-1-3-6(10)4-2-5/h1-4,10H,(H3,8,9,11)/p-1. The zero-order chi connectivity index (χ0) is 8.27. The highest BCUT2D eigenvalue weighted by atomic mass is 32.1. The van der Waals surface area contributed by atoms with E-state index in [2.05, 4.69) is 17.5 Å². The molecule has 0 saturated carbocycles. The van der Waals surface area contributed by atoms with Crippen molar-refractivity contribution in [1.82, 2.24) is 0 Å². The van der Waals surface area contributed by atoms with Crippen LogP contribution >= 0.6 is 12.2 Å². The third-order valence-electron chi connectivity index (χ3n) is 1.12. The van der Waals surface area contributed by atoms with Gasteiger partial charge < -0.3 is 16.2 Å². The molecule has 0 bridgehead atoms. The first-order valence-corrected chi connectivity index (χ1v) is 3.43. The molecule has 3 nitrogen and oxygen atoms in total. The van der Waals surface area contributed by atoms with Crippen molar-refractivity contribution in [3.63, 3.8) is 0 Å². The van der Waals surface area contributed by atoms with Gasteiger partial charge in [-0.25, -0.2) is 0 Å². The second-order valence-corrected chi connectivity index (χ2v) is 2.45. The highest BCUT2D eigenvalue weighted by molar-refractivity contribution is 7.80.